The van der Waals surface area contributed by atoms with E-state index in [4.69, 9.17) is 14.6 Å². The van der Waals surface area contributed by atoms with E-state index in [0.717, 1.165) is 50.9 Å². The fourth-order valence-electron chi connectivity index (χ4n) is 10.3. The first-order chi connectivity index (χ1) is 27.8. The highest BCUT2D eigenvalue weighted by atomic mass is 16.7. The van der Waals surface area contributed by atoms with Crippen molar-refractivity contribution in [1.82, 2.24) is 14.8 Å². The summed E-state index contributed by atoms with van der Waals surface area (Å²) >= 11 is 0. The Morgan fingerprint density at radius 1 is 0.983 bits per heavy atom. The van der Waals surface area contributed by atoms with Gasteiger partial charge in [0, 0.05) is 80.5 Å². The molecule has 3 aromatic carbocycles. The van der Waals surface area contributed by atoms with E-state index in [9.17, 15) is 9.59 Å². The minimum Gasteiger partial charge on any atom is -0.396 e. The summed E-state index contributed by atoms with van der Waals surface area (Å²) in [6, 6.07) is 15.7. The quantitative estimate of drug-likeness (QED) is 0.0842. The molecule has 9 heteroatoms. The Morgan fingerprint density at radius 2 is 1.72 bits per heavy atom. The molecule has 7 rings (SSSR count). The minimum absolute atomic E-state index is 0.0196. The van der Waals surface area contributed by atoms with Gasteiger partial charge in [0.15, 0.2) is 5.79 Å². The van der Waals surface area contributed by atoms with Crippen LogP contribution in [0.1, 0.15) is 142 Å². The second-order valence-corrected chi connectivity index (χ2v) is 18.1. The molecule has 0 aromatic heterocycles. The zero-order chi connectivity index (χ0) is 41.2. The van der Waals surface area contributed by atoms with Gasteiger partial charge >= 0.3 is 0 Å². The Hall–Kier alpha value is -4.05. The van der Waals surface area contributed by atoms with Crippen molar-refractivity contribution >= 4 is 23.1 Å². The largest absolute Gasteiger partial charge is 0.396 e. The summed E-state index contributed by atoms with van der Waals surface area (Å²) in [6.45, 7) is 18.3. The van der Waals surface area contributed by atoms with E-state index in [1.165, 1.54) is 68.1 Å². The van der Waals surface area contributed by atoms with E-state index in [-0.39, 0.29) is 24.0 Å². The van der Waals surface area contributed by atoms with Crippen LogP contribution in [0.4, 0.5) is 5.69 Å². The molecule has 3 aliphatic heterocycles. The van der Waals surface area contributed by atoms with Crippen LogP contribution >= 0.6 is 0 Å². The summed E-state index contributed by atoms with van der Waals surface area (Å²) in [7, 11) is 1.86. The number of anilines is 1. The molecule has 0 bridgehead atoms. The lowest BCUT2D eigenvalue weighted by atomic mass is 9.74. The monoisotopic (exact) mass is 792 g/mol. The summed E-state index contributed by atoms with van der Waals surface area (Å²) in [5, 5.41) is 14.8. The number of aryl methyl sites for hydroxylation is 1. The highest BCUT2D eigenvalue weighted by Gasteiger charge is 2.38. The normalized spacial score (nSPS) is 17.9. The molecule has 0 radical (unpaired) electrons. The number of aliphatic hydroxyl groups is 1. The molecule has 0 saturated heterocycles. The lowest BCUT2D eigenvalue weighted by molar-refractivity contribution is -0.214. The summed E-state index contributed by atoms with van der Waals surface area (Å²) in [6.07, 6.45) is 8.70. The number of fused-ring (bicyclic) bond motifs is 4. The van der Waals surface area contributed by atoms with Gasteiger partial charge in [-0.25, -0.2) is 4.58 Å². The molecule has 0 spiro atoms. The summed E-state index contributed by atoms with van der Waals surface area (Å²) < 4.78 is 14.1. The molecule has 0 saturated carbocycles. The van der Waals surface area contributed by atoms with Crippen LogP contribution < -0.4 is 25.4 Å². The van der Waals surface area contributed by atoms with E-state index in [1.807, 2.05) is 33.0 Å². The Labute approximate surface area is 346 Å². The smallest absolute Gasteiger partial charge is 0.254 e. The van der Waals surface area contributed by atoms with Crippen LogP contribution in [0.3, 0.4) is 0 Å². The maximum atomic E-state index is 14.5. The number of benzene rings is 3. The Kier molecular flexibility index (Phi) is 12.8. The van der Waals surface area contributed by atoms with Crippen molar-refractivity contribution in [3.8, 4) is 0 Å². The molecule has 1 unspecified atom stereocenters. The predicted molar refractivity (Wildman–Crippen MR) is 232 cm³/mol. The summed E-state index contributed by atoms with van der Waals surface area (Å²) in [4.78, 5) is 31.7. The van der Waals surface area contributed by atoms with E-state index in [1.54, 1.807) is 4.90 Å². The lowest BCUT2D eigenvalue weighted by Gasteiger charge is -2.47. The molecule has 2 amide bonds. The van der Waals surface area contributed by atoms with Crippen LogP contribution in [0, 0.1) is 0 Å². The molecule has 4 aliphatic rings. The number of nitrogens with zero attached hydrogens (tertiary/aromatic N) is 3. The van der Waals surface area contributed by atoms with Gasteiger partial charge in [0.25, 0.3) is 5.91 Å². The van der Waals surface area contributed by atoms with Crippen molar-refractivity contribution in [3.63, 3.8) is 0 Å². The van der Waals surface area contributed by atoms with E-state index < -0.39 is 5.79 Å². The molecule has 3 aromatic rings. The predicted octanol–water partition coefficient (Wildman–Crippen LogP) is 5.84. The molecule has 312 valence electrons. The number of amides is 2. The van der Waals surface area contributed by atoms with Crippen molar-refractivity contribution in [2.24, 2.45) is 0 Å². The molecule has 58 heavy (non-hydrogen) atoms. The van der Waals surface area contributed by atoms with Gasteiger partial charge in [-0.15, -0.1) is 0 Å². The number of carbonyl (C=O) groups excluding carboxylic acids is 2. The summed E-state index contributed by atoms with van der Waals surface area (Å²) in [5.74, 6) is -0.365. The Balaban J connectivity index is 1.15. The fourth-order valence-corrected chi connectivity index (χ4v) is 10.3. The average molecular weight is 792 g/mol. The number of hydrogen-bond donors (Lipinski definition) is 2. The lowest BCUT2D eigenvalue weighted by Crippen LogP contribution is -2.48. The zero-order valence-corrected chi connectivity index (χ0v) is 36.3. The molecular formula is C49H67N4O5+. The second-order valence-electron chi connectivity index (χ2n) is 18.1. The van der Waals surface area contributed by atoms with E-state index in [0.29, 0.717) is 63.5 Å². The third kappa shape index (κ3) is 8.64. The zero-order valence-electron chi connectivity index (χ0n) is 36.3. The van der Waals surface area contributed by atoms with Crippen LogP contribution in [0.5, 0.6) is 0 Å². The number of rotatable bonds is 16. The number of ether oxygens (including phenoxy) is 2. The molecule has 0 fully saturated rings. The molecular weight excluding hydrogens is 725 g/mol. The fraction of sp³-hybridized carbons (Fsp3) is 0.571. The number of aliphatic hydroxyl groups excluding tert-OH is 1. The van der Waals surface area contributed by atoms with Gasteiger partial charge < -0.3 is 29.7 Å². The van der Waals surface area contributed by atoms with Gasteiger partial charge in [-0.05, 0) is 148 Å². The van der Waals surface area contributed by atoms with Gasteiger partial charge in [0.1, 0.15) is 13.1 Å². The van der Waals surface area contributed by atoms with Gasteiger partial charge in [-0.2, -0.15) is 0 Å². The van der Waals surface area contributed by atoms with E-state index in [2.05, 4.69) is 72.8 Å². The third-order valence-electron chi connectivity index (χ3n) is 13.0. The van der Waals surface area contributed by atoms with Crippen molar-refractivity contribution in [3.05, 3.63) is 97.5 Å². The number of carbonyl (C=O) groups is 2. The number of hydrogen-bond acceptors (Lipinski definition) is 6. The SMILES string of the molecule is CCN1c2cc3c(cc2C(C)CC1(C)C)C(c1ccccc1C(=O)N(C)CCCC(=O)NCCCOC(C)(C)OCCCO)=c1cc2c4c(c1C3)CCC[N+]=4CCC2. The molecule has 9 nitrogen and oxygen atoms in total. The van der Waals surface area contributed by atoms with Crippen molar-refractivity contribution in [2.75, 3.05) is 64.5 Å². The van der Waals surface area contributed by atoms with Crippen LogP contribution in [0.15, 0.2) is 42.5 Å². The molecule has 1 aliphatic carbocycles. The Bertz CT molecular complexity index is 2150. The molecule has 3 heterocycles. The first-order valence-electron chi connectivity index (χ1n) is 22.1. The van der Waals surface area contributed by atoms with Crippen LogP contribution in [-0.2, 0) is 33.5 Å². The number of nitrogens with one attached hydrogen (secondary N) is 1. The van der Waals surface area contributed by atoms with Gasteiger partial charge in [-0.3, -0.25) is 9.59 Å². The minimum atomic E-state index is -0.736. The van der Waals surface area contributed by atoms with Crippen LogP contribution in [0.2, 0.25) is 0 Å². The van der Waals surface area contributed by atoms with Gasteiger partial charge in [0.2, 0.25) is 11.3 Å². The first-order valence-corrected chi connectivity index (χ1v) is 22.1. The first kappa shape index (κ1) is 42.1. The van der Waals surface area contributed by atoms with Crippen LogP contribution in [0.25, 0.3) is 5.57 Å². The van der Waals surface area contributed by atoms with Crippen LogP contribution in [-0.4, -0.2) is 92.7 Å². The van der Waals surface area contributed by atoms with Crippen molar-refractivity contribution in [2.45, 2.75) is 123 Å². The maximum absolute atomic E-state index is 14.5. The average Bonchev–Trinajstić information content (AvgIpc) is 3.19. The van der Waals surface area contributed by atoms with E-state index >= 15 is 0 Å². The highest BCUT2D eigenvalue weighted by Crippen LogP contribution is 2.46. The summed E-state index contributed by atoms with van der Waals surface area (Å²) in [5.41, 5.74) is 12.8. The van der Waals surface area contributed by atoms with Crippen molar-refractivity contribution in [1.29, 1.82) is 0 Å². The topological polar surface area (TPSA) is 94.4 Å². The second kappa shape index (κ2) is 17.7. The van der Waals surface area contributed by atoms with Crippen molar-refractivity contribution < 1.29 is 24.2 Å². The molecule has 2 N–H and O–H groups in total. The van der Waals surface area contributed by atoms with Gasteiger partial charge in [-0.1, -0.05) is 25.1 Å². The maximum Gasteiger partial charge on any atom is 0.254 e. The molecule has 1 atom stereocenters. The van der Waals surface area contributed by atoms with Gasteiger partial charge in [0.05, 0.1) is 13.2 Å². The Morgan fingerprint density at radius 3 is 2.48 bits per heavy atom. The third-order valence-corrected chi connectivity index (χ3v) is 13.0. The standard InChI is InChI=1S/C49H66N4O5/c1-8-53-43-30-35-29-41-37-19-12-24-52-23-11-16-34(46(37)52)28-42(41)45(40(35)31-39(43)33(2)32-48(53,3)4)36-17-9-10-18-38(36)47(56)51(7)22-13-20-44(55)50-21-14-26-57-49(5,6)58-27-15-25-54/h9-10,17-18,28,30-31,33,54H,8,11-16,19-27,29,32H2,1-7H3/p+1. The highest BCUT2D eigenvalue weighted by molar-refractivity contribution is 6.02.